The fourth-order valence-electron chi connectivity index (χ4n) is 4.93. The second-order valence-corrected chi connectivity index (χ2v) is 7.97. The maximum absolute atomic E-state index is 12.1. The molecule has 30 heavy (non-hydrogen) atoms. The Bertz CT molecular complexity index is 1790. The number of allylic oxidation sites excluding steroid dienone is 4. The zero-order valence-electron chi connectivity index (χ0n) is 16.2. The summed E-state index contributed by atoms with van der Waals surface area (Å²) in [6.07, 6.45) is 7.13. The summed E-state index contributed by atoms with van der Waals surface area (Å²) < 4.78 is 0. The van der Waals surface area contributed by atoms with Crippen LogP contribution < -0.4 is 21.3 Å². The van der Waals surface area contributed by atoms with E-state index in [1.54, 1.807) is 6.92 Å². The molecule has 0 unspecified atom stereocenters. The highest BCUT2D eigenvalue weighted by molar-refractivity contribution is 5.94. The predicted molar refractivity (Wildman–Crippen MR) is 114 cm³/mol. The van der Waals surface area contributed by atoms with E-state index < -0.39 is 0 Å². The first-order chi connectivity index (χ1) is 14.7. The molecule has 140 valence electrons. The van der Waals surface area contributed by atoms with Crippen LogP contribution in [0.1, 0.15) is 23.7 Å². The van der Waals surface area contributed by atoms with Crippen LogP contribution in [0.4, 0.5) is 11.4 Å². The molecule has 4 nitrogen and oxygen atoms in total. The van der Waals surface area contributed by atoms with Crippen LogP contribution in [0.15, 0.2) is 81.4 Å². The fourth-order valence-corrected chi connectivity index (χ4v) is 4.93. The first kappa shape index (κ1) is 15.9. The number of nitrogens with zero attached hydrogens (tertiary/aromatic N) is 3. The van der Waals surface area contributed by atoms with Gasteiger partial charge in [-0.05, 0) is 49.3 Å². The first-order valence-corrected chi connectivity index (χ1v) is 10.1. The van der Waals surface area contributed by atoms with Crippen molar-refractivity contribution in [3.05, 3.63) is 104 Å². The topological polar surface area (TPSA) is 54.1 Å². The van der Waals surface area contributed by atoms with E-state index in [9.17, 15) is 4.79 Å². The quantitative estimate of drug-likeness (QED) is 0.409. The smallest absolute Gasteiger partial charge is 0.159 e. The van der Waals surface area contributed by atoms with E-state index in [1.807, 2.05) is 36.4 Å². The third kappa shape index (κ3) is 1.86. The molecule has 0 spiro atoms. The summed E-state index contributed by atoms with van der Waals surface area (Å²) in [5.41, 5.74) is 6.98. The van der Waals surface area contributed by atoms with Gasteiger partial charge in [0.25, 0.3) is 0 Å². The standard InChI is InChI=1S/C26H15N3O/c1-13(30)14-10-11-20-17(12-14)22-21-15-6-2-4-8-18(15)28-25(21)26-23(24(22)27-20)16-7-3-5-9-19(16)29-26/h2-5,7-12H,6H2,1H3. The highest BCUT2D eigenvalue weighted by Gasteiger charge is 2.27. The largest absolute Gasteiger partial charge is 0.295 e. The van der Waals surface area contributed by atoms with Crippen molar-refractivity contribution in [3.8, 4) is 11.1 Å². The molecule has 3 aromatic carbocycles. The van der Waals surface area contributed by atoms with Gasteiger partial charge in [-0.2, -0.15) is 0 Å². The molecule has 0 N–H and O–H groups in total. The van der Waals surface area contributed by atoms with Crippen molar-refractivity contribution in [2.24, 2.45) is 15.0 Å². The molecule has 0 saturated heterocycles. The average molecular weight is 385 g/mol. The average Bonchev–Trinajstić information content (AvgIpc) is 3.43. The predicted octanol–water partition coefficient (Wildman–Crippen LogP) is 3.00. The normalized spacial score (nSPS) is 15.6. The highest BCUT2D eigenvalue weighted by Crippen LogP contribution is 2.38. The van der Waals surface area contributed by atoms with Crippen molar-refractivity contribution >= 4 is 22.7 Å². The summed E-state index contributed by atoms with van der Waals surface area (Å²) >= 11 is 0. The minimum Gasteiger partial charge on any atom is -0.295 e. The van der Waals surface area contributed by atoms with Crippen molar-refractivity contribution in [1.82, 2.24) is 0 Å². The molecule has 7 rings (SSSR count). The number of para-hydroxylation sites is 1. The Hall–Kier alpha value is -3.92. The van der Waals surface area contributed by atoms with Crippen LogP contribution in [0.25, 0.3) is 16.7 Å². The maximum atomic E-state index is 12.1. The minimum atomic E-state index is 0.0583. The van der Waals surface area contributed by atoms with Crippen LogP contribution in [0.5, 0.6) is 0 Å². The first-order valence-electron chi connectivity index (χ1n) is 10.1. The monoisotopic (exact) mass is 385 g/mol. The second-order valence-electron chi connectivity index (χ2n) is 7.97. The van der Waals surface area contributed by atoms with Crippen LogP contribution in [0.2, 0.25) is 0 Å². The molecule has 3 heterocycles. The van der Waals surface area contributed by atoms with Gasteiger partial charge in [0, 0.05) is 32.3 Å². The van der Waals surface area contributed by atoms with Crippen LogP contribution >= 0.6 is 0 Å². The number of hydrogen-bond acceptors (Lipinski definition) is 4. The molecular weight excluding hydrogens is 370 g/mol. The fraction of sp³-hybridized carbons (Fsp3) is 0.0769. The number of hydrogen-bond donors (Lipinski definition) is 0. The van der Waals surface area contributed by atoms with Gasteiger partial charge in [0.1, 0.15) is 5.36 Å². The summed E-state index contributed by atoms with van der Waals surface area (Å²) in [4.78, 5) is 27.1. The lowest BCUT2D eigenvalue weighted by atomic mass is 9.97. The zero-order chi connectivity index (χ0) is 20.0. The molecule has 0 atom stereocenters. The highest BCUT2D eigenvalue weighted by atomic mass is 16.1. The van der Waals surface area contributed by atoms with Gasteiger partial charge in [0.2, 0.25) is 0 Å². The van der Waals surface area contributed by atoms with Crippen LogP contribution in [-0.2, 0) is 0 Å². The Balaban J connectivity index is 1.82. The van der Waals surface area contributed by atoms with Gasteiger partial charge in [-0.15, -0.1) is 0 Å². The third-order valence-electron chi connectivity index (χ3n) is 6.29. The number of carbonyl (C=O) groups is 1. The van der Waals surface area contributed by atoms with Crippen molar-refractivity contribution in [3.63, 3.8) is 0 Å². The van der Waals surface area contributed by atoms with Crippen molar-refractivity contribution in [2.45, 2.75) is 13.3 Å². The molecule has 0 amide bonds. The van der Waals surface area contributed by atoms with Crippen molar-refractivity contribution < 1.29 is 4.79 Å². The lowest BCUT2D eigenvalue weighted by Gasteiger charge is -2.05. The van der Waals surface area contributed by atoms with E-state index in [4.69, 9.17) is 15.0 Å². The molecule has 0 bridgehead atoms. The van der Waals surface area contributed by atoms with Crippen molar-refractivity contribution in [2.75, 3.05) is 0 Å². The lowest BCUT2D eigenvalue weighted by Crippen LogP contribution is -2.39. The number of rotatable bonds is 1. The SMILES string of the molecule is CC(=O)c1ccc2c(c1)=c1c(c3c(c4c1=C1CC=CC=C1N=4)=Nc1ccccc1-3)N=2. The minimum absolute atomic E-state index is 0.0583. The van der Waals surface area contributed by atoms with E-state index in [2.05, 4.69) is 24.3 Å². The van der Waals surface area contributed by atoms with Crippen LogP contribution in [0.3, 0.4) is 0 Å². The van der Waals surface area contributed by atoms with Crippen LogP contribution in [-0.4, -0.2) is 5.78 Å². The molecule has 4 aliphatic rings. The molecular formula is C26H15N3O. The Morgan fingerprint density at radius 1 is 0.967 bits per heavy atom. The maximum Gasteiger partial charge on any atom is 0.159 e. The summed E-state index contributed by atoms with van der Waals surface area (Å²) in [5.74, 6) is 0.0583. The van der Waals surface area contributed by atoms with Gasteiger partial charge in [-0.3, -0.25) is 4.79 Å². The van der Waals surface area contributed by atoms with Crippen LogP contribution in [0, 0.1) is 10.4 Å². The Morgan fingerprint density at radius 2 is 1.87 bits per heavy atom. The van der Waals surface area contributed by atoms with Gasteiger partial charge in [0.05, 0.1) is 27.8 Å². The summed E-state index contributed by atoms with van der Waals surface area (Å²) in [5, 5.41) is 5.97. The van der Waals surface area contributed by atoms with Gasteiger partial charge < -0.3 is 0 Å². The van der Waals surface area contributed by atoms with E-state index in [0.717, 1.165) is 66.3 Å². The number of benzene rings is 3. The summed E-state index contributed by atoms with van der Waals surface area (Å²) in [6, 6.07) is 14.0. The molecule has 3 aromatic rings. The molecule has 0 saturated carbocycles. The molecule has 0 fully saturated rings. The van der Waals surface area contributed by atoms with Gasteiger partial charge in [0.15, 0.2) is 5.78 Å². The van der Waals surface area contributed by atoms with Gasteiger partial charge >= 0.3 is 0 Å². The summed E-state index contributed by atoms with van der Waals surface area (Å²) in [7, 11) is 0. The van der Waals surface area contributed by atoms with E-state index in [1.165, 1.54) is 5.57 Å². The number of Topliss-reactive ketones (excluding diaryl/α,β-unsaturated/α-hetero) is 1. The van der Waals surface area contributed by atoms with Gasteiger partial charge in [-0.25, -0.2) is 15.0 Å². The van der Waals surface area contributed by atoms with Crippen molar-refractivity contribution in [1.29, 1.82) is 0 Å². The van der Waals surface area contributed by atoms with E-state index in [0.29, 0.717) is 5.56 Å². The Kier molecular flexibility index (Phi) is 2.85. The van der Waals surface area contributed by atoms with E-state index >= 15 is 0 Å². The number of carbonyl (C=O) groups excluding carboxylic acids is 1. The zero-order valence-corrected chi connectivity index (χ0v) is 16.2. The Labute approximate surface area is 171 Å². The molecule has 0 aromatic heterocycles. The lowest BCUT2D eigenvalue weighted by molar-refractivity contribution is 0.101. The number of fused-ring (bicyclic) bond motifs is 10. The van der Waals surface area contributed by atoms with E-state index in [-0.39, 0.29) is 5.78 Å². The molecule has 0 radical (unpaired) electrons. The third-order valence-corrected chi connectivity index (χ3v) is 6.29. The molecule has 4 heteroatoms. The molecule has 1 aliphatic carbocycles. The van der Waals surface area contributed by atoms with Gasteiger partial charge in [-0.1, -0.05) is 30.4 Å². The Morgan fingerprint density at radius 3 is 2.77 bits per heavy atom. The number of ketones is 1. The second kappa shape index (κ2) is 5.36. The molecule has 3 aliphatic heterocycles. The summed E-state index contributed by atoms with van der Waals surface area (Å²) in [6.45, 7) is 1.60.